The first-order valence-electron chi connectivity index (χ1n) is 7.30. The lowest BCUT2D eigenvalue weighted by molar-refractivity contribution is 0.112. The fourth-order valence-corrected chi connectivity index (χ4v) is 3.94. The van der Waals surface area contributed by atoms with Crippen molar-refractivity contribution in [2.75, 3.05) is 18.0 Å². The summed E-state index contributed by atoms with van der Waals surface area (Å²) in [6.07, 6.45) is 2.58. The molecule has 3 rings (SSSR count). The van der Waals surface area contributed by atoms with Crippen LogP contribution in [-0.2, 0) is 12.8 Å². The Labute approximate surface area is 120 Å². The number of carbonyl (C=O) groups excluding carboxylic acids is 1. The third-order valence-corrected chi connectivity index (χ3v) is 4.48. The minimum absolute atomic E-state index is 0.122. The first kappa shape index (κ1) is 13.5. The molecule has 0 atom stereocenters. The highest BCUT2D eigenvalue weighted by Crippen LogP contribution is 2.48. The Morgan fingerprint density at radius 3 is 2.35 bits per heavy atom. The average Bonchev–Trinajstić information content (AvgIpc) is 2.29. The Kier molecular flexibility index (Phi) is 2.69. The molecule has 0 unspecified atom stereocenters. The number of carbonyl (C=O) groups is 1. The molecular weight excluding hydrogens is 250 g/mol. The number of benzene rings is 1. The van der Waals surface area contributed by atoms with Gasteiger partial charge in [-0.15, -0.1) is 0 Å². The van der Waals surface area contributed by atoms with E-state index in [0.717, 1.165) is 37.8 Å². The standard InChI is InChI=1S/C17H23NO2/c1-16(2)6-11-5-12(8-19)15(20)13-7-17(3,4)10-18(9-16)14(11)13/h5,8,20H,6-7,9-10H2,1-4H3. The van der Waals surface area contributed by atoms with Crippen LogP contribution in [0.4, 0.5) is 5.69 Å². The predicted octanol–water partition coefficient (Wildman–Crippen LogP) is 3.18. The topological polar surface area (TPSA) is 40.5 Å². The second kappa shape index (κ2) is 4.00. The van der Waals surface area contributed by atoms with Crippen LogP contribution in [0.2, 0.25) is 0 Å². The van der Waals surface area contributed by atoms with Crippen LogP contribution in [0.5, 0.6) is 5.75 Å². The van der Waals surface area contributed by atoms with Crippen LogP contribution >= 0.6 is 0 Å². The number of anilines is 1. The number of aldehydes is 1. The van der Waals surface area contributed by atoms with Gasteiger partial charge in [0.25, 0.3) is 0 Å². The molecule has 0 spiro atoms. The summed E-state index contributed by atoms with van der Waals surface area (Å²) in [7, 11) is 0. The molecule has 0 amide bonds. The maximum atomic E-state index is 11.2. The van der Waals surface area contributed by atoms with E-state index in [9.17, 15) is 9.90 Å². The Bertz CT molecular complexity index is 585. The Morgan fingerprint density at radius 2 is 1.75 bits per heavy atom. The molecule has 0 saturated heterocycles. The minimum atomic E-state index is 0.122. The van der Waals surface area contributed by atoms with Gasteiger partial charge in [0.2, 0.25) is 0 Å². The Hall–Kier alpha value is -1.51. The van der Waals surface area contributed by atoms with E-state index in [-0.39, 0.29) is 16.6 Å². The van der Waals surface area contributed by atoms with Gasteiger partial charge in [0.1, 0.15) is 5.75 Å². The maximum absolute atomic E-state index is 11.2. The second-order valence-corrected chi connectivity index (χ2v) is 7.96. The molecule has 0 aromatic heterocycles. The van der Waals surface area contributed by atoms with Crippen LogP contribution in [-0.4, -0.2) is 24.5 Å². The van der Waals surface area contributed by atoms with E-state index in [2.05, 4.69) is 32.6 Å². The second-order valence-electron chi connectivity index (χ2n) is 7.96. The first-order valence-corrected chi connectivity index (χ1v) is 7.30. The van der Waals surface area contributed by atoms with Crippen molar-refractivity contribution < 1.29 is 9.90 Å². The minimum Gasteiger partial charge on any atom is -0.507 e. The van der Waals surface area contributed by atoms with E-state index in [1.54, 1.807) is 0 Å². The molecule has 2 heterocycles. The Morgan fingerprint density at radius 1 is 1.15 bits per heavy atom. The lowest BCUT2D eigenvalue weighted by atomic mass is 9.73. The lowest BCUT2D eigenvalue weighted by Crippen LogP contribution is -2.48. The van der Waals surface area contributed by atoms with Crippen molar-refractivity contribution in [1.29, 1.82) is 0 Å². The van der Waals surface area contributed by atoms with Crippen molar-refractivity contribution >= 4 is 12.0 Å². The third kappa shape index (κ3) is 2.00. The molecule has 1 N–H and O–H groups in total. The van der Waals surface area contributed by atoms with Gasteiger partial charge in [-0.05, 0) is 35.3 Å². The van der Waals surface area contributed by atoms with E-state index in [1.807, 2.05) is 6.07 Å². The van der Waals surface area contributed by atoms with Crippen molar-refractivity contribution in [3.8, 4) is 5.75 Å². The number of hydrogen-bond donors (Lipinski definition) is 1. The molecule has 0 aliphatic carbocycles. The van der Waals surface area contributed by atoms with Gasteiger partial charge in [-0.1, -0.05) is 27.7 Å². The fourth-order valence-electron chi connectivity index (χ4n) is 3.94. The van der Waals surface area contributed by atoms with Crippen LogP contribution in [0.1, 0.15) is 49.2 Å². The monoisotopic (exact) mass is 273 g/mol. The van der Waals surface area contributed by atoms with Crippen LogP contribution in [0.15, 0.2) is 6.07 Å². The molecule has 1 aromatic carbocycles. The predicted molar refractivity (Wildman–Crippen MR) is 80.7 cm³/mol. The molecule has 1 aromatic rings. The number of aromatic hydroxyl groups is 1. The third-order valence-electron chi connectivity index (χ3n) is 4.48. The zero-order valence-corrected chi connectivity index (χ0v) is 12.8. The molecule has 2 aliphatic rings. The van der Waals surface area contributed by atoms with Gasteiger partial charge >= 0.3 is 0 Å². The van der Waals surface area contributed by atoms with Gasteiger partial charge in [-0.25, -0.2) is 0 Å². The first-order chi connectivity index (χ1) is 9.22. The summed E-state index contributed by atoms with van der Waals surface area (Å²) in [5.41, 5.74) is 4.13. The van der Waals surface area contributed by atoms with Crippen LogP contribution < -0.4 is 4.90 Å². The molecule has 0 saturated carbocycles. The molecular formula is C17H23NO2. The summed E-state index contributed by atoms with van der Waals surface area (Å²) in [6.45, 7) is 11.0. The largest absolute Gasteiger partial charge is 0.507 e. The lowest BCUT2D eigenvalue weighted by Gasteiger charge is -2.49. The molecule has 20 heavy (non-hydrogen) atoms. The van der Waals surface area contributed by atoms with Gasteiger partial charge in [0.15, 0.2) is 6.29 Å². The summed E-state index contributed by atoms with van der Waals surface area (Å²) < 4.78 is 0. The maximum Gasteiger partial charge on any atom is 0.153 e. The molecule has 3 heteroatoms. The molecule has 0 radical (unpaired) electrons. The summed E-state index contributed by atoms with van der Waals surface area (Å²) in [5, 5.41) is 10.4. The molecule has 0 bridgehead atoms. The van der Waals surface area contributed by atoms with Gasteiger partial charge in [-0.2, -0.15) is 0 Å². The molecule has 3 nitrogen and oxygen atoms in total. The van der Waals surface area contributed by atoms with Crippen LogP contribution in [0, 0.1) is 10.8 Å². The highest BCUT2D eigenvalue weighted by Gasteiger charge is 2.40. The van der Waals surface area contributed by atoms with E-state index in [0.29, 0.717) is 5.56 Å². The summed E-state index contributed by atoms with van der Waals surface area (Å²) >= 11 is 0. The molecule has 2 aliphatic heterocycles. The average molecular weight is 273 g/mol. The van der Waals surface area contributed by atoms with E-state index in [4.69, 9.17) is 0 Å². The van der Waals surface area contributed by atoms with E-state index in [1.165, 1.54) is 11.3 Å². The van der Waals surface area contributed by atoms with Crippen LogP contribution in [0.3, 0.4) is 0 Å². The van der Waals surface area contributed by atoms with E-state index < -0.39 is 0 Å². The zero-order valence-electron chi connectivity index (χ0n) is 12.8. The van der Waals surface area contributed by atoms with Gasteiger partial charge < -0.3 is 10.0 Å². The van der Waals surface area contributed by atoms with Gasteiger partial charge in [0, 0.05) is 24.3 Å². The number of rotatable bonds is 1. The summed E-state index contributed by atoms with van der Waals surface area (Å²) in [5.74, 6) is 0.191. The van der Waals surface area contributed by atoms with Crippen molar-refractivity contribution in [2.24, 2.45) is 10.8 Å². The number of phenolic OH excluding ortho intramolecular Hbond substituents is 1. The molecule has 108 valence electrons. The van der Waals surface area contributed by atoms with Gasteiger partial charge in [-0.3, -0.25) is 4.79 Å². The fraction of sp³-hybridized carbons (Fsp3) is 0.588. The number of nitrogens with zero attached hydrogens (tertiary/aromatic N) is 1. The summed E-state index contributed by atoms with van der Waals surface area (Å²) in [4.78, 5) is 13.6. The SMILES string of the molecule is CC1(C)Cc2cc(C=O)c(O)c3c2N(C1)CC(C)(C)C3. The Balaban J connectivity index is 2.25. The molecule has 0 fully saturated rings. The van der Waals surface area contributed by atoms with Crippen molar-refractivity contribution in [3.63, 3.8) is 0 Å². The summed E-state index contributed by atoms with van der Waals surface area (Å²) in [6, 6.07) is 1.88. The van der Waals surface area contributed by atoms with E-state index >= 15 is 0 Å². The normalized spacial score (nSPS) is 22.3. The number of phenols is 1. The highest BCUT2D eigenvalue weighted by atomic mass is 16.3. The van der Waals surface area contributed by atoms with Crippen LogP contribution in [0.25, 0.3) is 0 Å². The van der Waals surface area contributed by atoms with Crippen molar-refractivity contribution in [2.45, 2.75) is 40.5 Å². The quantitative estimate of drug-likeness (QED) is 0.799. The highest BCUT2D eigenvalue weighted by molar-refractivity contribution is 5.85. The number of hydrogen-bond acceptors (Lipinski definition) is 3. The van der Waals surface area contributed by atoms with Crippen molar-refractivity contribution in [1.82, 2.24) is 0 Å². The zero-order chi connectivity index (χ0) is 14.7. The van der Waals surface area contributed by atoms with Crippen molar-refractivity contribution in [3.05, 3.63) is 22.8 Å². The smallest absolute Gasteiger partial charge is 0.153 e. The van der Waals surface area contributed by atoms with Gasteiger partial charge in [0.05, 0.1) is 5.56 Å².